The van der Waals surface area contributed by atoms with Crippen LogP contribution < -0.4 is 5.32 Å². The predicted molar refractivity (Wildman–Crippen MR) is 109 cm³/mol. The lowest BCUT2D eigenvalue weighted by atomic mass is 9.80. The van der Waals surface area contributed by atoms with E-state index in [0.29, 0.717) is 12.2 Å². The first-order valence-electron chi connectivity index (χ1n) is 10.3. The molecule has 6 heteroatoms. The Kier molecular flexibility index (Phi) is 5.83. The van der Waals surface area contributed by atoms with Crippen LogP contribution in [0.25, 0.3) is 0 Å². The molecule has 0 spiro atoms. The summed E-state index contributed by atoms with van der Waals surface area (Å²) in [7, 11) is -3.75. The van der Waals surface area contributed by atoms with Crippen molar-refractivity contribution in [1.29, 1.82) is 0 Å². The third-order valence-corrected chi connectivity index (χ3v) is 7.91. The molecular weight excluding hydrogens is 389 g/mol. The second-order valence-electron chi connectivity index (χ2n) is 8.06. The summed E-state index contributed by atoms with van der Waals surface area (Å²) >= 11 is 0. The van der Waals surface area contributed by atoms with Gasteiger partial charge < -0.3 is 5.32 Å². The van der Waals surface area contributed by atoms with Crippen molar-refractivity contribution in [1.82, 2.24) is 5.32 Å². The van der Waals surface area contributed by atoms with Gasteiger partial charge >= 0.3 is 0 Å². The van der Waals surface area contributed by atoms with Gasteiger partial charge in [-0.15, -0.1) is 0 Å². The van der Waals surface area contributed by atoms with Crippen LogP contribution in [0.3, 0.4) is 0 Å². The van der Waals surface area contributed by atoms with Crippen molar-refractivity contribution in [3.63, 3.8) is 0 Å². The molecule has 0 amide bonds. The van der Waals surface area contributed by atoms with Gasteiger partial charge in [0.15, 0.2) is 0 Å². The molecule has 0 unspecified atom stereocenters. The van der Waals surface area contributed by atoms with Gasteiger partial charge in [0.25, 0.3) is 0 Å². The number of halogens is 1. The van der Waals surface area contributed by atoms with Gasteiger partial charge in [0.2, 0.25) is 9.84 Å². The molecule has 0 radical (unpaired) electrons. The molecule has 2 aromatic carbocycles. The number of carbonyl (C=O) groups excluding carboxylic acids is 1. The van der Waals surface area contributed by atoms with Crippen molar-refractivity contribution >= 4 is 15.6 Å². The monoisotopic (exact) mass is 415 g/mol. The summed E-state index contributed by atoms with van der Waals surface area (Å²) in [6.45, 7) is 0.922. The number of nitrogens with one attached hydrogen (secondary N) is 1. The van der Waals surface area contributed by atoms with E-state index in [0.717, 1.165) is 62.3 Å². The van der Waals surface area contributed by atoms with Crippen molar-refractivity contribution in [3.05, 3.63) is 59.4 Å². The van der Waals surface area contributed by atoms with E-state index < -0.39 is 15.7 Å². The van der Waals surface area contributed by atoms with Crippen LogP contribution in [0, 0.1) is 5.82 Å². The smallest absolute Gasteiger partial charge is 0.206 e. The highest BCUT2D eigenvalue weighted by atomic mass is 32.2. The maximum absolute atomic E-state index is 13.5. The number of sulfone groups is 1. The Morgan fingerprint density at radius 3 is 2.66 bits per heavy atom. The first kappa shape index (κ1) is 20.2. The summed E-state index contributed by atoms with van der Waals surface area (Å²) in [5, 5.41) is 3.26. The third-order valence-electron chi connectivity index (χ3n) is 6.16. The Labute approximate surface area is 171 Å². The Bertz CT molecular complexity index is 1010. The SMILES string of the molecule is O=C(CC[C@@H]1CCCc2cc(S(=O)(=O)c3cccc(F)c3)ccc21)[C@H]1CCCN1. The highest BCUT2D eigenvalue weighted by Gasteiger charge is 2.27. The Balaban J connectivity index is 1.53. The van der Waals surface area contributed by atoms with Crippen LogP contribution in [0.1, 0.15) is 55.6 Å². The van der Waals surface area contributed by atoms with E-state index >= 15 is 0 Å². The van der Waals surface area contributed by atoms with Crippen LogP contribution >= 0.6 is 0 Å². The zero-order valence-corrected chi connectivity index (χ0v) is 17.2. The molecule has 0 bridgehead atoms. The average molecular weight is 416 g/mol. The molecule has 2 aliphatic rings. The van der Waals surface area contributed by atoms with Crippen LogP contribution in [0.15, 0.2) is 52.3 Å². The molecular formula is C23H26FNO3S. The lowest BCUT2D eigenvalue weighted by Crippen LogP contribution is -2.30. The number of Topliss-reactive ketones (excluding diaryl/α,β-unsaturated/α-hetero) is 1. The van der Waals surface area contributed by atoms with Crippen LogP contribution in [0.2, 0.25) is 0 Å². The van der Waals surface area contributed by atoms with Crippen molar-refractivity contribution < 1.29 is 17.6 Å². The lowest BCUT2D eigenvalue weighted by Gasteiger charge is -2.26. The molecule has 2 atom stereocenters. The number of fused-ring (bicyclic) bond motifs is 1. The van der Waals surface area contributed by atoms with E-state index in [1.54, 1.807) is 12.1 Å². The van der Waals surface area contributed by atoms with Gasteiger partial charge in [-0.05, 0) is 92.4 Å². The predicted octanol–water partition coefficient (Wildman–Crippen LogP) is 4.18. The minimum Gasteiger partial charge on any atom is -0.307 e. The molecule has 0 aromatic heterocycles. The maximum atomic E-state index is 13.5. The molecule has 154 valence electrons. The Hall–Kier alpha value is -2.05. The number of hydrogen-bond donors (Lipinski definition) is 1. The van der Waals surface area contributed by atoms with Gasteiger partial charge in [0.05, 0.1) is 15.8 Å². The molecule has 1 N–H and O–H groups in total. The molecule has 4 rings (SSSR count). The van der Waals surface area contributed by atoms with E-state index in [2.05, 4.69) is 5.32 Å². The number of rotatable bonds is 6. The fourth-order valence-corrected chi connectivity index (χ4v) is 5.92. The summed E-state index contributed by atoms with van der Waals surface area (Å²) in [6, 6.07) is 10.4. The van der Waals surface area contributed by atoms with Crippen molar-refractivity contribution in [2.24, 2.45) is 0 Å². The summed E-state index contributed by atoms with van der Waals surface area (Å²) in [6.07, 6.45) is 6.19. The van der Waals surface area contributed by atoms with E-state index in [1.807, 2.05) is 6.07 Å². The molecule has 2 aromatic rings. The topological polar surface area (TPSA) is 63.2 Å². The molecule has 29 heavy (non-hydrogen) atoms. The summed E-state index contributed by atoms with van der Waals surface area (Å²) in [5.74, 6) is 0.0143. The molecule has 0 saturated carbocycles. The zero-order chi connectivity index (χ0) is 20.4. The fraction of sp³-hybridized carbons (Fsp3) is 0.435. The second kappa shape index (κ2) is 8.36. The lowest BCUT2D eigenvalue weighted by molar-refractivity contribution is -0.120. The van der Waals surface area contributed by atoms with E-state index in [4.69, 9.17) is 0 Å². The fourth-order valence-electron chi connectivity index (χ4n) is 4.58. The molecule has 4 nitrogen and oxygen atoms in total. The van der Waals surface area contributed by atoms with E-state index in [-0.39, 0.29) is 21.8 Å². The number of aryl methyl sites for hydroxylation is 1. The first-order chi connectivity index (χ1) is 13.9. The standard InChI is InChI=1S/C23H26FNO3S/c24-18-6-2-7-19(15-18)29(27,28)20-10-11-21-16(4-1-5-17(21)14-20)9-12-23(26)22-8-3-13-25-22/h2,6-7,10-11,14-16,22,25H,1,3-5,8-9,12-13H2/t16-,22+/m0/s1. The van der Waals surface area contributed by atoms with Gasteiger partial charge in [-0.1, -0.05) is 12.1 Å². The van der Waals surface area contributed by atoms with Crippen LogP contribution in [-0.4, -0.2) is 26.8 Å². The summed E-state index contributed by atoms with van der Waals surface area (Å²) in [5.41, 5.74) is 2.19. The van der Waals surface area contributed by atoms with Gasteiger partial charge in [-0.25, -0.2) is 12.8 Å². The highest BCUT2D eigenvalue weighted by molar-refractivity contribution is 7.91. The zero-order valence-electron chi connectivity index (χ0n) is 16.4. The van der Waals surface area contributed by atoms with Gasteiger partial charge in [-0.2, -0.15) is 0 Å². The van der Waals surface area contributed by atoms with Crippen LogP contribution in [0.5, 0.6) is 0 Å². The number of ketones is 1. The Morgan fingerprint density at radius 1 is 1.07 bits per heavy atom. The second-order valence-corrected chi connectivity index (χ2v) is 10.0. The number of benzene rings is 2. The number of hydrogen-bond acceptors (Lipinski definition) is 4. The minimum atomic E-state index is -3.75. The number of carbonyl (C=O) groups is 1. The highest BCUT2D eigenvalue weighted by Crippen LogP contribution is 2.37. The third kappa shape index (κ3) is 4.28. The first-order valence-corrected chi connectivity index (χ1v) is 11.8. The molecule has 1 saturated heterocycles. The van der Waals surface area contributed by atoms with E-state index in [1.165, 1.54) is 18.2 Å². The summed E-state index contributed by atoms with van der Waals surface area (Å²) < 4.78 is 39.3. The van der Waals surface area contributed by atoms with Gasteiger partial charge in [0.1, 0.15) is 11.6 Å². The quantitative estimate of drug-likeness (QED) is 0.769. The maximum Gasteiger partial charge on any atom is 0.206 e. The Morgan fingerprint density at radius 2 is 1.90 bits per heavy atom. The van der Waals surface area contributed by atoms with Crippen LogP contribution in [0.4, 0.5) is 4.39 Å². The van der Waals surface area contributed by atoms with Crippen molar-refractivity contribution in [2.75, 3.05) is 6.54 Å². The average Bonchev–Trinajstić information content (AvgIpc) is 3.26. The minimum absolute atomic E-state index is 0.0110. The molecule has 1 aliphatic heterocycles. The van der Waals surface area contributed by atoms with Gasteiger partial charge in [0, 0.05) is 6.42 Å². The van der Waals surface area contributed by atoms with Crippen LogP contribution in [-0.2, 0) is 21.1 Å². The largest absolute Gasteiger partial charge is 0.307 e. The van der Waals surface area contributed by atoms with Crippen molar-refractivity contribution in [2.45, 2.75) is 66.7 Å². The normalized spacial score (nSPS) is 21.7. The molecule has 1 aliphatic carbocycles. The summed E-state index contributed by atoms with van der Waals surface area (Å²) in [4.78, 5) is 12.6. The molecule has 1 heterocycles. The molecule has 1 fully saturated rings. The van der Waals surface area contributed by atoms with Crippen molar-refractivity contribution in [3.8, 4) is 0 Å². The van der Waals surface area contributed by atoms with E-state index in [9.17, 15) is 17.6 Å². The van der Waals surface area contributed by atoms with Gasteiger partial charge in [-0.3, -0.25) is 4.79 Å².